The third-order valence-electron chi connectivity index (χ3n) is 4.22. The highest BCUT2D eigenvalue weighted by Crippen LogP contribution is 2.35. The minimum Gasteiger partial charge on any atom is -0.630 e. The number of Topliss-reactive ketones (excluding diaryl/α,β-unsaturated/α-hetero) is 1. The van der Waals surface area contributed by atoms with E-state index in [0.717, 1.165) is 12.0 Å². The molecule has 0 radical (unpaired) electrons. The van der Waals surface area contributed by atoms with Crippen molar-refractivity contribution in [3.05, 3.63) is 63.5 Å². The van der Waals surface area contributed by atoms with Gasteiger partial charge in [0.25, 0.3) is 0 Å². The highest BCUT2D eigenvalue weighted by Gasteiger charge is 2.26. The number of rotatable bonds is 5. The number of hydrogen-bond acceptors (Lipinski definition) is 4. The van der Waals surface area contributed by atoms with Gasteiger partial charge < -0.3 is 20.5 Å². The van der Waals surface area contributed by atoms with Gasteiger partial charge in [-0.05, 0) is 35.7 Å². The SMILES string of the molecule is CCc1ccc(Oc2ccc([NH2+][O-])c(Cl)c2)cc1C1=C(O)CCC1=O. The van der Waals surface area contributed by atoms with Gasteiger partial charge in [0.1, 0.15) is 28.0 Å². The van der Waals surface area contributed by atoms with Crippen LogP contribution in [0.15, 0.2) is 42.2 Å². The number of hydrogen-bond donors (Lipinski definition) is 2. The first-order valence-corrected chi connectivity index (χ1v) is 8.42. The van der Waals surface area contributed by atoms with Gasteiger partial charge in [0, 0.05) is 25.0 Å². The van der Waals surface area contributed by atoms with Gasteiger partial charge >= 0.3 is 0 Å². The minimum atomic E-state index is -0.0530. The van der Waals surface area contributed by atoms with Crippen LogP contribution in [0.4, 0.5) is 5.69 Å². The van der Waals surface area contributed by atoms with Crippen LogP contribution in [0.1, 0.15) is 30.9 Å². The Labute approximate surface area is 150 Å². The summed E-state index contributed by atoms with van der Waals surface area (Å²) in [6, 6.07) is 10.3. The molecule has 0 heterocycles. The number of ether oxygens (including phenoxy) is 1. The van der Waals surface area contributed by atoms with Gasteiger partial charge in [0.2, 0.25) is 0 Å². The lowest BCUT2D eigenvalue weighted by Gasteiger charge is -2.13. The highest BCUT2D eigenvalue weighted by molar-refractivity contribution is 6.32. The lowest BCUT2D eigenvalue weighted by molar-refractivity contribution is -0.497. The number of nitrogens with two attached hydrogens (primary N) is 1. The van der Waals surface area contributed by atoms with Gasteiger partial charge in [-0.1, -0.05) is 24.6 Å². The summed E-state index contributed by atoms with van der Waals surface area (Å²) in [4.78, 5) is 12.1. The van der Waals surface area contributed by atoms with Crippen LogP contribution in [0.5, 0.6) is 11.5 Å². The van der Waals surface area contributed by atoms with Crippen LogP contribution in [0.2, 0.25) is 5.02 Å². The molecule has 0 unspecified atom stereocenters. The molecule has 130 valence electrons. The lowest BCUT2D eigenvalue weighted by Crippen LogP contribution is -2.70. The number of halogens is 1. The number of allylic oxidation sites excluding steroid dienone is 2. The van der Waals surface area contributed by atoms with E-state index in [0.29, 0.717) is 51.7 Å². The number of quaternary nitrogens is 1. The molecular formula is C19H18ClNO4. The number of carbonyl (C=O) groups is 1. The minimum absolute atomic E-state index is 0.0530. The Morgan fingerprint density at radius 3 is 2.52 bits per heavy atom. The van der Waals surface area contributed by atoms with Crippen LogP contribution in [0, 0.1) is 5.21 Å². The summed E-state index contributed by atoms with van der Waals surface area (Å²) in [5, 5.41) is 21.2. The Kier molecular flexibility index (Phi) is 5.08. The van der Waals surface area contributed by atoms with E-state index in [9.17, 15) is 15.1 Å². The molecule has 2 aromatic carbocycles. The fourth-order valence-corrected chi connectivity index (χ4v) is 3.13. The molecule has 0 spiro atoms. The molecule has 0 atom stereocenters. The maximum Gasteiger partial charge on any atom is 0.167 e. The van der Waals surface area contributed by atoms with Crippen molar-refractivity contribution in [3.63, 3.8) is 0 Å². The maximum absolute atomic E-state index is 12.1. The van der Waals surface area contributed by atoms with Gasteiger partial charge in [0.15, 0.2) is 5.78 Å². The van der Waals surface area contributed by atoms with E-state index in [1.165, 1.54) is 0 Å². The van der Waals surface area contributed by atoms with Crippen molar-refractivity contribution in [3.8, 4) is 11.5 Å². The van der Waals surface area contributed by atoms with E-state index in [2.05, 4.69) is 0 Å². The smallest absolute Gasteiger partial charge is 0.167 e. The normalized spacial score (nSPS) is 14.3. The third-order valence-corrected chi connectivity index (χ3v) is 4.55. The first-order valence-electron chi connectivity index (χ1n) is 8.04. The standard InChI is InChI=1S/C19H18ClNO4/c1-2-11-3-4-12(9-14(11)19-17(22)7-8-18(19)23)25-13-5-6-16(21-24)15(20)10-13/h3-6,9-10,22H,2,7-8,21H2,1H3. The molecule has 0 amide bonds. The zero-order valence-corrected chi connectivity index (χ0v) is 14.5. The van der Waals surface area contributed by atoms with E-state index >= 15 is 0 Å². The maximum atomic E-state index is 12.1. The van der Waals surface area contributed by atoms with Crippen LogP contribution in [0.25, 0.3) is 5.57 Å². The lowest BCUT2D eigenvalue weighted by atomic mass is 9.96. The average molecular weight is 360 g/mol. The Hall–Kier alpha value is -2.34. The van der Waals surface area contributed by atoms with Crippen LogP contribution in [-0.4, -0.2) is 10.9 Å². The zero-order valence-electron chi connectivity index (χ0n) is 13.7. The molecule has 0 aliphatic heterocycles. The summed E-state index contributed by atoms with van der Waals surface area (Å²) in [5.41, 5.74) is 3.13. The summed E-state index contributed by atoms with van der Waals surface area (Å²) >= 11 is 6.02. The predicted molar refractivity (Wildman–Crippen MR) is 96.1 cm³/mol. The number of ketones is 1. The van der Waals surface area contributed by atoms with E-state index in [1.54, 1.807) is 30.3 Å². The summed E-state index contributed by atoms with van der Waals surface area (Å²) in [5.74, 6) is 1.10. The fraction of sp³-hybridized carbons (Fsp3) is 0.211. The topological polar surface area (TPSA) is 86.2 Å². The Morgan fingerprint density at radius 1 is 1.20 bits per heavy atom. The molecule has 25 heavy (non-hydrogen) atoms. The molecule has 0 bridgehead atoms. The first kappa shape index (κ1) is 17.5. The van der Waals surface area contributed by atoms with Crippen molar-refractivity contribution >= 4 is 28.6 Å². The number of aliphatic hydroxyl groups is 1. The van der Waals surface area contributed by atoms with Crippen molar-refractivity contribution in [2.24, 2.45) is 0 Å². The second kappa shape index (κ2) is 7.27. The molecule has 5 nitrogen and oxygen atoms in total. The molecule has 0 aromatic heterocycles. The molecule has 0 saturated heterocycles. The average Bonchev–Trinajstić information content (AvgIpc) is 2.93. The van der Waals surface area contributed by atoms with Crippen LogP contribution in [0.3, 0.4) is 0 Å². The monoisotopic (exact) mass is 359 g/mol. The molecule has 2 aromatic rings. The Bertz CT molecular complexity index is 860. The van der Waals surface area contributed by atoms with Crippen LogP contribution < -0.4 is 10.2 Å². The van der Waals surface area contributed by atoms with Gasteiger partial charge in [-0.15, -0.1) is 0 Å². The second-order valence-electron chi connectivity index (χ2n) is 5.82. The Balaban J connectivity index is 1.96. The van der Waals surface area contributed by atoms with Crippen molar-refractivity contribution in [1.82, 2.24) is 0 Å². The summed E-state index contributed by atoms with van der Waals surface area (Å²) in [6.07, 6.45) is 1.45. The molecule has 0 fully saturated rings. The predicted octanol–water partition coefficient (Wildman–Crippen LogP) is 4.02. The van der Waals surface area contributed by atoms with Crippen molar-refractivity contribution in [2.75, 3.05) is 0 Å². The quantitative estimate of drug-likeness (QED) is 0.623. The molecule has 3 N–H and O–H groups in total. The molecule has 1 aliphatic carbocycles. The summed E-state index contributed by atoms with van der Waals surface area (Å²) in [6.45, 7) is 1.99. The molecule has 1 aliphatic rings. The van der Waals surface area contributed by atoms with Gasteiger partial charge in [-0.25, -0.2) is 0 Å². The first-order chi connectivity index (χ1) is 12.0. The van der Waals surface area contributed by atoms with Crippen molar-refractivity contribution in [1.29, 1.82) is 0 Å². The Morgan fingerprint density at radius 2 is 1.92 bits per heavy atom. The number of benzene rings is 2. The molecule has 3 rings (SSSR count). The van der Waals surface area contributed by atoms with Gasteiger partial charge in [-0.3, -0.25) is 4.79 Å². The summed E-state index contributed by atoms with van der Waals surface area (Å²) < 4.78 is 5.81. The van der Waals surface area contributed by atoms with Gasteiger partial charge in [-0.2, -0.15) is 0 Å². The van der Waals surface area contributed by atoms with Crippen molar-refractivity contribution in [2.45, 2.75) is 26.2 Å². The molecule has 6 heteroatoms. The second-order valence-corrected chi connectivity index (χ2v) is 6.23. The highest BCUT2D eigenvalue weighted by atomic mass is 35.5. The number of aliphatic hydroxyl groups excluding tert-OH is 1. The third kappa shape index (κ3) is 3.54. The van der Waals surface area contributed by atoms with Gasteiger partial charge in [0.05, 0.1) is 5.57 Å². The van der Waals surface area contributed by atoms with Crippen LogP contribution in [-0.2, 0) is 11.2 Å². The zero-order chi connectivity index (χ0) is 18.0. The van der Waals surface area contributed by atoms with Crippen LogP contribution >= 0.6 is 11.6 Å². The molecule has 0 saturated carbocycles. The van der Waals surface area contributed by atoms with Crippen molar-refractivity contribution < 1.29 is 20.1 Å². The van der Waals surface area contributed by atoms with E-state index in [-0.39, 0.29) is 11.5 Å². The van der Waals surface area contributed by atoms with E-state index in [4.69, 9.17) is 16.3 Å². The largest absolute Gasteiger partial charge is 0.630 e. The summed E-state index contributed by atoms with van der Waals surface area (Å²) in [7, 11) is 0. The van der Waals surface area contributed by atoms with E-state index < -0.39 is 0 Å². The molecular weight excluding hydrogens is 342 g/mol. The number of aryl methyl sites for hydroxylation is 1. The fourth-order valence-electron chi connectivity index (χ4n) is 2.91. The van der Waals surface area contributed by atoms with E-state index in [1.807, 2.05) is 13.0 Å². The number of carbonyl (C=O) groups excluding carboxylic acids is 1.